The summed E-state index contributed by atoms with van der Waals surface area (Å²) in [5, 5.41) is 6.77. The number of hydrogen-bond donors (Lipinski definition) is 1. The molecule has 1 amide bonds. The molecule has 2 aromatic heterocycles. The van der Waals surface area contributed by atoms with E-state index in [-0.39, 0.29) is 18.3 Å². The highest BCUT2D eigenvalue weighted by Gasteiger charge is 2.14. The summed E-state index contributed by atoms with van der Waals surface area (Å²) in [6.07, 6.45) is 3.22. The van der Waals surface area contributed by atoms with E-state index in [0.29, 0.717) is 24.0 Å². The monoisotopic (exact) mass is 391 g/mol. The molecule has 2 aromatic carbocycles. The number of amides is 1. The number of benzene rings is 2. The summed E-state index contributed by atoms with van der Waals surface area (Å²) in [7, 11) is 0. The third-order valence-corrected chi connectivity index (χ3v) is 4.39. The van der Waals surface area contributed by atoms with E-state index in [0.717, 1.165) is 16.7 Å². The lowest BCUT2D eigenvalue weighted by Crippen LogP contribution is -2.26. The SMILES string of the molecule is Cc1ccccc1-c1nc(-c2cn(CC(=O)NCc3ccc(F)cc3)cn2)no1. The Balaban J connectivity index is 1.39. The van der Waals surface area contributed by atoms with Crippen LogP contribution in [0.2, 0.25) is 0 Å². The first-order valence-electron chi connectivity index (χ1n) is 9.01. The topological polar surface area (TPSA) is 85.8 Å². The molecule has 29 heavy (non-hydrogen) atoms. The van der Waals surface area contributed by atoms with Gasteiger partial charge in [0, 0.05) is 18.3 Å². The second kappa shape index (κ2) is 8.05. The fraction of sp³-hybridized carbons (Fsp3) is 0.143. The summed E-state index contributed by atoms with van der Waals surface area (Å²) in [6, 6.07) is 13.7. The van der Waals surface area contributed by atoms with E-state index in [1.807, 2.05) is 31.2 Å². The van der Waals surface area contributed by atoms with Crippen molar-refractivity contribution < 1.29 is 13.7 Å². The van der Waals surface area contributed by atoms with Crippen LogP contribution in [-0.4, -0.2) is 25.6 Å². The highest BCUT2D eigenvalue weighted by Crippen LogP contribution is 2.23. The Labute approximate surface area is 166 Å². The van der Waals surface area contributed by atoms with Gasteiger partial charge in [-0.25, -0.2) is 9.37 Å². The smallest absolute Gasteiger partial charge is 0.258 e. The van der Waals surface area contributed by atoms with Gasteiger partial charge in [0.05, 0.1) is 6.33 Å². The van der Waals surface area contributed by atoms with Crippen LogP contribution in [-0.2, 0) is 17.9 Å². The summed E-state index contributed by atoms with van der Waals surface area (Å²) in [5.74, 6) is 0.281. The highest BCUT2D eigenvalue weighted by atomic mass is 19.1. The van der Waals surface area contributed by atoms with E-state index >= 15 is 0 Å². The largest absolute Gasteiger partial charge is 0.350 e. The van der Waals surface area contributed by atoms with Crippen LogP contribution in [0.15, 0.2) is 65.6 Å². The van der Waals surface area contributed by atoms with Crippen molar-refractivity contribution in [3.8, 4) is 23.0 Å². The number of aromatic nitrogens is 4. The Kier molecular flexibility index (Phi) is 5.15. The molecule has 7 nitrogen and oxygen atoms in total. The fourth-order valence-corrected chi connectivity index (χ4v) is 2.84. The number of nitrogens with zero attached hydrogens (tertiary/aromatic N) is 4. The Morgan fingerprint density at radius 1 is 1.17 bits per heavy atom. The lowest BCUT2D eigenvalue weighted by molar-refractivity contribution is -0.121. The van der Waals surface area contributed by atoms with Crippen LogP contribution < -0.4 is 5.32 Å². The number of hydrogen-bond acceptors (Lipinski definition) is 5. The first-order valence-corrected chi connectivity index (χ1v) is 9.01. The number of rotatable bonds is 6. The highest BCUT2D eigenvalue weighted by molar-refractivity contribution is 5.75. The summed E-state index contributed by atoms with van der Waals surface area (Å²) in [6.45, 7) is 2.39. The van der Waals surface area contributed by atoms with E-state index < -0.39 is 0 Å². The van der Waals surface area contributed by atoms with Crippen LogP contribution >= 0.6 is 0 Å². The third-order valence-electron chi connectivity index (χ3n) is 4.39. The van der Waals surface area contributed by atoms with Gasteiger partial charge in [-0.15, -0.1) is 0 Å². The van der Waals surface area contributed by atoms with E-state index in [9.17, 15) is 9.18 Å². The van der Waals surface area contributed by atoms with Gasteiger partial charge >= 0.3 is 0 Å². The van der Waals surface area contributed by atoms with Gasteiger partial charge < -0.3 is 14.4 Å². The second-order valence-electron chi connectivity index (χ2n) is 6.57. The minimum Gasteiger partial charge on any atom is -0.350 e. The lowest BCUT2D eigenvalue weighted by atomic mass is 10.1. The summed E-state index contributed by atoms with van der Waals surface area (Å²) in [4.78, 5) is 20.8. The van der Waals surface area contributed by atoms with Crippen LogP contribution in [0.3, 0.4) is 0 Å². The second-order valence-corrected chi connectivity index (χ2v) is 6.57. The average molecular weight is 391 g/mol. The molecule has 0 spiro atoms. The van der Waals surface area contributed by atoms with Gasteiger partial charge in [-0.1, -0.05) is 35.5 Å². The molecule has 8 heteroatoms. The minimum absolute atomic E-state index is 0.0939. The molecular formula is C21H18FN5O2. The van der Waals surface area contributed by atoms with Crippen molar-refractivity contribution >= 4 is 5.91 Å². The number of carbonyl (C=O) groups is 1. The molecule has 0 aliphatic heterocycles. The van der Waals surface area contributed by atoms with Gasteiger partial charge in [0.15, 0.2) is 0 Å². The number of carbonyl (C=O) groups excluding carboxylic acids is 1. The van der Waals surface area contributed by atoms with E-state index in [2.05, 4.69) is 20.4 Å². The van der Waals surface area contributed by atoms with Crippen molar-refractivity contribution in [3.05, 3.63) is 78.0 Å². The number of imidazole rings is 1. The molecule has 0 aliphatic carbocycles. The van der Waals surface area contributed by atoms with Crippen LogP contribution in [0.25, 0.3) is 23.0 Å². The maximum absolute atomic E-state index is 12.9. The predicted molar refractivity (Wildman–Crippen MR) is 104 cm³/mol. The van der Waals surface area contributed by atoms with Gasteiger partial charge in [0.1, 0.15) is 18.1 Å². The molecule has 0 bridgehead atoms. The minimum atomic E-state index is -0.307. The number of halogens is 1. The molecule has 0 radical (unpaired) electrons. The quantitative estimate of drug-likeness (QED) is 0.545. The van der Waals surface area contributed by atoms with Crippen molar-refractivity contribution in [3.63, 3.8) is 0 Å². The van der Waals surface area contributed by atoms with Crippen molar-refractivity contribution in [1.29, 1.82) is 0 Å². The molecule has 0 saturated heterocycles. The zero-order chi connectivity index (χ0) is 20.2. The summed E-state index contributed by atoms with van der Waals surface area (Å²) in [5.41, 5.74) is 3.23. The number of aryl methyl sites for hydroxylation is 1. The summed E-state index contributed by atoms with van der Waals surface area (Å²) >= 11 is 0. The first kappa shape index (κ1) is 18.5. The van der Waals surface area contributed by atoms with E-state index in [1.165, 1.54) is 18.5 Å². The maximum atomic E-state index is 12.9. The van der Waals surface area contributed by atoms with Gasteiger partial charge in [-0.2, -0.15) is 4.98 Å². The van der Waals surface area contributed by atoms with Crippen LogP contribution in [0.5, 0.6) is 0 Å². The predicted octanol–water partition coefficient (Wildman–Crippen LogP) is 3.36. The molecule has 0 saturated carbocycles. The fourth-order valence-electron chi connectivity index (χ4n) is 2.84. The molecule has 2 heterocycles. The normalized spacial score (nSPS) is 10.8. The molecule has 4 rings (SSSR count). The molecule has 1 N–H and O–H groups in total. The average Bonchev–Trinajstić information content (AvgIpc) is 3.37. The Morgan fingerprint density at radius 2 is 1.97 bits per heavy atom. The van der Waals surface area contributed by atoms with E-state index in [1.54, 1.807) is 22.9 Å². The Morgan fingerprint density at radius 3 is 2.76 bits per heavy atom. The molecule has 4 aromatic rings. The molecule has 146 valence electrons. The van der Waals surface area contributed by atoms with Crippen molar-refractivity contribution in [2.24, 2.45) is 0 Å². The standard InChI is InChI=1S/C21H18FN5O2/c1-14-4-2-3-5-17(14)21-25-20(26-29-21)18-11-27(13-24-18)12-19(28)23-10-15-6-8-16(22)9-7-15/h2-9,11,13H,10,12H2,1H3,(H,23,28). The zero-order valence-electron chi connectivity index (χ0n) is 15.7. The van der Waals surface area contributed by atoms with Crippen LogP contribution in [0.4, 0.5) is 4.39 Å². The molecule has 0 unspecified atom stereocenters. The van der Waals surface area contributed by atoms with Gasteiger partial charge in [0.2, 0.25) is 11.7 Å². The molecular weight excluding hydrogens is 373 g/mol. The lowest BCUT2D eigenvalue weighted by Gasteiger charge is -2.05. The van der Waals surface area contributed by atoms with Gasteiger partial charge in [0.25, 0.3) is 5.89 Å². The van der Waals surface area contributed by atoms with Crippen molar-refractivity contribution in [2.75, 3.05) is 0 Å². The van der Waals surface area contributed by atoms with E-state index in [4.69, 9.17) is 4.52 Å². The van der Waals surface area contributed by atoms with Crippen molar-refractivity contribution in [2.45, 2.75) is 20.0 Å². The van der Waals surface area contributed by atoms with Crippen LogP contribution in [0.1, 0.15) is 11.1 Å². The number of nitrogens with one attached hydrogen (secondary N) is 1. The maximum Gasteiger partial charge on any atom is 0.258 e. The Bertz CT molecular complexity index is 1130. The zero-order valence-corrected chi connectivity index (χ0v) is 15.7. The van der Waals surface area contributed by atoms with Gasteiger partial charge in [-0.3, -0.25) is 4.79 Å². The Hall–Kier alpha value is -3.81. The summed E-state index contributed by atoms with van der Waals surface area (Å²) < 4.78 is 19.9. The third kappa shape index (κ3) is 4.37. The van der Waals surface area contributed by atoms with Crippen LogP contribution in [0, 0.1) is 12.7 Å². The first-order chi connectivity index (χ1) is 14.1. The molecule has 0 aliphatic rings. The van der Waals surface area contributed by atoms with Crippen molar-refractivity contribution in [1.82, 2.24) is 25.0 Å². The molecule has 0 atom stereocenters. The van der Waals surface area contributed by atoms with Gasteiger partial charge in [-0.05, 0) is 36.2 Å². The molecule has 0 fully saturated rings.